The van der Waals surface area contributed by atoms with Crippen molar-refractivity contribution in [3.05, 3.63) is 24.4 Å². The molecule has 2 fully saturated rings. The fourth-order valence-corrected chi connectivity index (χ4v) is 4.78. The third-order valence-electron chi connectivity index (χ3n) is 6.52. The zero-order valence-electron chi connectivity index (χ0n) is 18.0. The summed E-state index contributed by atoms with van der Waals surface area (Å²) in [6.07, 6.45) is 8.50. The fourth-order valence-electron chi connectivity index (χ4n) is 4.78. The molecule has 4 amide bonds. The monoisotopic (exact) mass is 442 g/mol. The third-order valence-corrected chi connectivity index (χ3v) is 6.52. The molecule has 1 aromatic carbocycles. The molecule has 1 saturated heterocycles. The zero-order chi connectivity index (χ0) is 22.5. The van der Waals surface area contributed by atoms with Gasteiger partial charge in [0.1, 0.15) is 12.6 Å². The van der Waals surface area contributed by atoms with Crippen LogP contribution in [0.1, 0.15) is 44.9 Å². The molecule has 0 spiro atoms. The first-order valence-electron chi connectivity index (χ1n) is 11.3. The van der Waals surface area contributed by atoms with Crippen LogP contribution < -0.4 is 10.8 Å². The standard InChI is InChI=1S/C22H30N6O4/c29-20(26-32)14-27(11-9-15-4-1-2-5-15)22(31)28-10-3-6-19(28)21(30)24-17-8-7-16-13-23-25-18(16)12-17/h7-8,12-13,15,19,32H,1-6,9-11,14H2,(H,23,25)(H,24,30)(H,26,29)/t19-/m0/s1. The van der Waals surface area contributed by atoms with E-state index in [1.54, 1.807) is 28.7 Å². The summed E-state index contributed by atoms with van der Waals surface area (Å²) >= 11 is 0. The fraction of sp³-hybridized carbons (Fsp3) is 0.545. The molecule has 1 aromatic heterocycles. The smallest absolute Gasteiger partial charge is 0.321 e. The summed E-state index contributed by atoms with van der Waals surface area (Å²) in [4.78, 5) is 41.1. The number of amides is 4. The van der Waals surface area contributed by atoms with Crippen molar-refractivity contribution < 1.29 is 19.6 Å². The van der Waals surface area contributed by atoms with Gasteiger partial charge in [0.05, 0.1) is 11.7 Å². The zero-order valence-corrected chi connectivity index (χ0v) is 18.0. The van der Waals surface area contributed by atoms with Crippen LogP contribution in [0.3, 0.4) is 0 Å². The van der Waals surface area contributed by atoms with Crippen LogP contribution in [-0.4, -0.2) is 68.7 Å². The van der Waals surface area contributed by atoms with E-state index >= 15 is 0 Å². The average molecular weight is 443 g/mol. The lowest BCUT2D eigenvalue weighted by atomic mass is 10.0. The summed E-state index contributed by atoms with van der Waals surface area (Å²) in [5.41, 5.74) is 3.05. The summed E-state index contributed by atoms with van der Waals surface area (Å²) < 4.78 is 0. The summed E-state index contributed by atoms with van der Waals surface area (Å²) in [7, 11) is 0. The van der Waals surface area contributed by atoms with Crippen LogP contribution in [0.25, 0.3) is 10.9 Å². The molecular formula is C22H30N6O4. The molecule has 0 unspecified atom stereocenters. The van der Waals surface area contributed by atoms with Crippen molar-refractivity contribution in [2.45, 2.75) is 51.0 Å². The minimum atomic E-state index is -0.641. The van der Waals surface area contributed by atoms with Crippen LogP contribution in [0.4, 0.5) is 10.5 Å². The molecule has 0 radical (unpaired) electrons. The molecular weight excluding hydrogens is 412 g/mol. The molecule has 2 aliphatic rings. The molecule has 172 valence electrons. The van der Waals surface area contributed by atoms with Gasteiger partial charge in [-0.05, 0) is 43.4 Å². The minimum absolute atomic E-state index is 0.233. The predicted octanol–water partition coefficient (Wildman–Crippen LogP) is 2.47. The van der Waals surface area contributed by atoms with Crippen molar-refractivity contribution in [2.75, 3.05) is 25.0 Å². The lowest BCUT2D eigenvalue weighted by Crippen LogP contribution is -2.51. The summed E-state index contributed by atoms with van der Waals surface area (Å²) in [5.74, 6) is -0.340. The molecule has 1 aliphatic heterocycles. The number of H-pyrrole nitrogens is 1. The number of benzene rings is 1. The molecule has 4 N–H and O–H groups in total. The predicted molar refractivity (Wildman–Crippen MR) is 118 cm³/mol. The van der Waals surface area contributed by atoms with E-state index in [1.165, 1.54) is 17.7 Å². The first-order chi connectivity index (χ1) is 15.5. The number of nitrogens with zero attached hydrogens (tertiary/aromatic N) is 3. The highest BCUT2D eigenvalue weighted by atomic mass is 16.5. The lowest BCUT2D eigenvalue weighted by Gasteiger charge is -2.31. The minimum Gasteiger partial charge on any atom is -0.324 e. The van der Waals surface area contributed by atoms with Crippen molar-refractivity contribution >= 4 is 34.4 Å². The van der Waals surface area contributed by atoms with E-state index in [-0.39, 0.29) is 18.5 Å². The maximum absolute atomic E-state index is 13.3. The van der Waals surface area contributed by atoms with Gasteiger partial charge in [-0.3, -0.25) is 19.9 Å². The molecule has 2 aromatic rings. The Morgan fingerprint density at radius 3 is 2.78 bits per heavy atom. The Bertz CT molecular complexity index is 970. The molecule has 2 heterocycles. The molecule has 1 saturated carbocycles. The van der Waals surface area contributed by atoms with Crippen LogP contribution in [0.5, 0.6) is 0 Å². The van der Waals surface area contributed by atoms with E-state index in [0.717, 1.165) is 30.2 Å². The number of nitrogens with one attached hydrogen (secondary N) is 3. The van der Waals surface area contributed by atoms with E-state index in [4.69, 9.17) is 5.21 Å². The molecule has 1 atom stereocenters. The van der Waals surface area contributed by atoms with Crippen LogP contribution in [0.15, 0.2) is 24.4 Å². The molecule has 32 heavy (non-hydrogen) atoms. The summed E-state index contributed by atoms with van der Waals surface area (Å²) in [5, 5.41) is 19.7. The molecule has 0 bridgehead atoms. The number of fused-ring (bicyclic) bond motifs is 1. The van der Waals surface area contributed by atoms with Gasteiger partial charge in [0.25, 0.3) is 5.91 Å². The second-order valence-corrected chi connectivity index (χ2v) is 8.69. The summed E-state index contributed by atoms with van der Waals surface area (Å²) in [6, 6.07) is 4.53. The number of aromatic amines is 1. The van der Waals surface area contributed by atoms with E-state index in [9.17, 15) is 14.4 Å². The van der Waals surface area contributed by atoms with Crippen LogP contribution in [0, 0.1) is 5.92 Å². The highest BCUT2D eigenvalue weighted by Gasteiger charge is 2.37. The number of anilines is 1. The van der Waals surface area contributed by atoms with Gasteiger partial charge in [-0.15, -0.1) is 0 Å². The summed E-state index contributed by atoms with van der Waals surface area (Å²) in [6.45, 7) is 0.652. The Kier molecular flexibility index (Phi) is 6.89. The first kappa shape index (κ1) is 22.1. The van der Waals surface area contributed by atoms with Crippen molar-refractivity contribution in [3.63, 3.8) is 0 Å². The van der Waals surface area contributed by atoms with Gasteiger partial charge in [0.15, 0.2) is 0 Å². The van der Waals surface area contributed by atoms with E-state index in [0.29, 0.717) is 37.5 Å². The van der Waals surface area contributed by atoms with Crippen LogP contribution >= 0.6 is 0 Å². The maximum Gasteiger partial charge on any atom is 0.321 e. The highest BCUT2D eigenvalue weighted by molar-refractivity contribution is 5.99. The molecule has 10 heteroatoms. The SMILES string of the molecule is O=C(CN(CCC1CCCC1)C(=O)N1CCC[C@H]1C(=O)Nc1ccc2cn[nH]c2c1)NO. The van der Waals surface area contributed by atoms with Crippen LogP contribution in [0.2, 0.25) is 0 Å². The number of hydrogen-bond acceptors (Lipinski definition) is 5. The third kappa shape index (κ3) is 5.01. The number of hydrogen-bond donors (Lipinski definition) is 4. The Balaban J connectivity index is 1.42. The van der Waals surface area contributed by atoms with E-state index in [1.807, 2.05) is 6.07 Å². The Morgan fingerprint density at radius 1 is 1.19 bits per heavy atom. The van der Waals surface area contributed by atoms with Gasteiger partial charge in [0.2, 0.25) is 5.91 Å². The second-order valence-electron chi connectivity index (χ2n) is 8.69. The quantitative estimate of drug-likeness (QED) is 0.387. The number of rotatable bonds is 7. The van der Waals surface area contributed by atoms with E-state index in [2.05, 4.69) is 15.5 Å². The van der Waals surface area contributed by atoms with E-state index < -0.39 is 11.9 Å². The topological polar surface area (TPSA) is 131 Å². The number of urea groups is 1. The Morgan fingerprint density at radius 2 is 2.00 bits per heavy atom. The van der Waals surface area contributed by atoms with Crippen molar-refractivity contribution in [3.8, 4) is 0 Å². The van der Waals surface area contributed by atoms with Gasteiger partial charge in [-0.2, -0.15) is 5.10 Å². The maximum atomic E-state index is 13.3. The molecule has 10 nitrogen and oxygen atoms in total. The van der Waals surface area contributed by atoms with Gasteiger partial charge in [-0.1, -0.05) is 25.7 Å². The van der Waals surface area contributed by atoms with Crippen LogP contribution in [-0.2, 0) is 9.59 Å². The molecule has 1 aliphatic carbocycles. The van der Waals surface area contributed by atoms with Gasteiger partial charge >= 0.3 is 6.03 Å². The number of hydroxylamine groups is 1. The van der Waals surface area contributed by atoms with Gasteiger partial charge in [-0.25, -0.2) is 10.3 Å². The molecule has 4 rings (SSSR count). The van der Waals surface area contributed by atoms with Crippen molar-refractivity contribution in [2.24, 2.45) is 5.92 Å². The number of aromatic nitrogens is 2. The first-order valence-corrected chi connectivity index (χ1v) is 11.3. The van der Waals surface area contributed by atoms with Gasteiger partial charge < -0.3 is 15.1 Å². The lowest BCUT2D eigenvalue weighted by molar-refractivity contribution is -0.129. The second kappa shape index (κ2) is 9.99. The highest BCUT2D eigenvalue weighted by Crippen LogP contribution is 2.28. The number of carbonyl (C=O) groups excluding carboxylic acids is 3. The van der Waals surface area contributed by atoms with Gasteiger partial charge in [0, 0.05) is 24.2 Å². The number of carbonyl (C=O) groups is 3. The number of likely N-dealkylation sites (tertiary alicyclic amines) is 1. The van der Waals surface area contributed by atoms with Crippen molar-refractivity contribution in [1.29, 1.82) is 0 Å². The Hall–Kier alpha value is -3.14. The van der Waals surface area contributed by atoms with Crippen molar-refractivity contribution in [1.82, 2.24) is 25.5 Å². The largest absolute Gasteiger partial charge is 0.324 e. The Labute approximate surface area is 186 Å². The normalized spacial score (nSPS) is 18.8. The average Bonchev–Trinajstić information content (AvgIpc) is 3.56.